The van der Waals surface area contributed by atoms with Gasteiger partial charge in [0, 0.05) is 0 Å². The van der Waals surface area contributed by atoms with Crippen molar-refractivity contribution in [1.29, 1.82) is 0 Å². The van der Waals surface area contributed by atoms with Gasteiger partial charge < -0.3 is 10.5 Å². The van der Waals surface area contributed by atoms with Crippen molar-refractivity contribution in [3.63, 3.8) is 0 Å². The molecule has 0 aromatic heterocycles. The summed E-state index contributed by atoms with van der Waals surface area (Å²) in [6, 6.07) is 12.8. The van der Waals surface area contributed by atoms with Crippen LogP contribution in [0.25, 0.3) is 10.8 Å². The van der Waals surface area contributed by atoms with E-state index in [0.29, 0.717) is 5.92 Å². The van der Waals surface area contributed by atoms with Gasteiger partial charge in [-0.3, -0.25) is 0 Å². The summed E-state index contributed by atoms with van der Waals surface area (Å²) < 4.78 is 5.24. The molecule has 0 bridgehead atoms. The maximum absolute atomic E-state index is 5.59. The number of ether oxygens (including phenoxy) is 1. The summed E-state index contributed by atoms with van der Waals surface area (Å²) in [4.78, 5) is 0. The first-order chi connectivity index (χ1) is 8.72. The van der Waals surface area contributed by atoms with Crippen LogP contribution in [0.15, 0.2) is 36.4 Å². The van der Waals surface area contributed by atoms with Crippen molar-refractivity contribution in [3.05, 3.63) is 42.0 Å². The topological polar surface area (TPSA) is 35.2 Å². The van der Waals surface area contributed by atoms with Crippen LogP contribution in [0.3, 0.4) is 0 Å². The van der Waals surface area contributed by atoms with Crippen LogP contribution in [-0.2, 0) is 6.42 Å². The highest BCUT2D eigenvalue weighted by atomic mass is 16.5. The Morgan fingerprint density at radius 3 is 2.56 bits per heavy atom. The molecule has 2 aromatic carbocycles. The summed E-state index contributed by atoms with van der Waals surface area (Å²) in [7, 11) is 1.70. The first kappa shape index (κ1) is 12.9. The van der Waals surface area contributed by atoms with Gasteiger partial charge in [-0.1, -0.05) is 31.2 Å². The van der Waals surface area contributed by atoms with Gasteiger partial charge in [-0.25, -0.2) is 0 Å². The predicted molar refractivity (Wildman–Crippen MR) is 77.0 cm³/mol. The molecule has 0 saturated heterocycles. The van der Waals surface area contributed by atoms with Gasteiger partial charge >= 0.3 is 0 Å². The second-order valence-electron chi connectivity index (χ2n) is 4.93. The first-order valence-electron chi connectivity index (χ1n) is 6.49. The molecule has 2 aromatic rings. The molecule has 0 saturated carbocycles. The molecule has 1 atom stereocenters. The lowest BCUT2D eigenvalue weighted by atomic mass is 9.96. The number of hydrogen-bond donors (Lipinski definition) is 1. The van der Waals surface area contributed by atoms with Gasteiger partial charge in [0.2, 0.25) is 0 Å². The summed E-state index contributed by atoms with van der Waals surface area (Å²) in [5, 5.41) is 2.50. The molecule has 96 valence electrons. The van der Waals surface area contributed by atoms with Crippen LogP contribution in [0.1, 0.15) is 18.9 Å². The molecule has 2 heteroatoms. The van der Waals surface area contributed by atoms with Crippen molar-refractivity contribution in [2.24, 2.45) is 11.7 Å². The van der Waals surface area contributed by atoms with Crippen molar-refractivity contribution in [3.8, 4) is 5.75 Å². The minimum atomic E-state index is 0.644. The highest BCUT2D eigenvalue weighted by Gasteiger charge is 2.04. The minimum absolute atomic E-state index is 0.644. The minimum Gasteiger partial charge on any atom is -0.497 e. The molecule has 0 aliphatic carbocycles. The molecule has 1 unspecified atom stereocenters. The van der Waals surface area contributed by atoms with Crippen LogP contribution in [0.2, 0.25) is 0 Å². The number of hydrogen-bond acceptors (Lipinski definition) is 2. The molecular formula is C16H21NO. The Morgan fingerprint density at radius 2 is 1.83 bits per heavy atom. The lowest BCUT2D eigenvalue weighted by molar-refractivity contribution is 0.415. The fourth-order valence-corrected chi connectivity index (χ4v) is 2.32. The van der Waals surface area contributed by atoms with Crippen molar-refractivity contribution in [1.82, 2.24) is 0 Å². The van der Waals surface area contributed by atoms with Crippen molar-refractivity contribution in [2.45, 2.75) is 19.8 Å². The monoisotopic (exact) mass is 243 g/mol. The fraction of sp³-hybridized carbons (Fsp3) is 0.375. The number of methoxy groups -OCH3 is 1. The molecule has 2 N–H and O–H groups in total. The first-order valence-corrected chi connectivity index (χ1v) is 6.49. The van der Waals surface area contributed by atoms with Crippen LogP contribution >= 0.6 is 0 Å². The van der Waals surface area contributed by atoms with Crippen molar-refractivity contribution >= 4 is 10.8 Å². The molecule has 0 heterocycles. The zero-order valence-corrected chi connectivity index (χ0v) is 11.1. The molecule has 18 heavy (non-hydrogen) atoms. The normalized spacial score (nSPS) is 12.6. The largest absolute Gasteiger partial charge is 0.497 e. The van der Waals surface area contributed by atoms with Crippen LogP contribution in [-0.4, -0.2) is 13.7 Å². The second kappa shape index (κ2) is 5.87. The number of rotatable bonds is 5. The van der Waals surface area contributed by atoms with Crippen molar-refractivity contribution < 1.29 is 4.74 Å². The highest BCUT2D eigenvalue weighted by molar-refractivity contribution is 5.84. The van der Waals surface area contributed by atoms with E-state index in [1.54, 1.807) is 7.11 Å². The van der Waals surface area contributed by atoms with Gasteiger partial charge in [-0.15, -0.1) is 0 Å². The molecule has 0 amide bonds. The third-order valence-corrected chi connectivity index (χ3v) is 3.36. The Hall–Kier alpha value is -1.54. The van der Waals surface area contributed by atoms with E-state index in [1.807, 2.05) is 6.07 Å². The lowest BCUT2D eigenvalue weighted by Crippen LogP contribution is -2.07. The smallest absolute Gasteiger partial charge is 0.119 e. The Bertz CT molecular complexity index is 521. The third-order valence-electron chi connectivity index (χ3n) is 3.36. The summed E-state index contributed by atoms with van der Waals surface area (Å²) >= 11 is 0. The molecule has 0 radical (unpaired) electrons. The third kappa shape index (κ3) is 3.02. The van der Waals surface area contributed by atoms with Crippen LogP contribution in [0.4, 0.5) is 0 Å². The Kier molecular flexibility index (Phi) is 4.21. The number of fused-ring (bicyclic) bond motifs is 1. The van der Waals surface area contributed by atoms with Crippen LogP contribution in [0.5, 0.6) is 5.75 Å². The number of nitrogens with two attached hydrogens (primary N) is 1. The summed E-state index contributed by atoms with van der Waals surface area (Å²) in [6.45, 7) is 3.02. The molecule has 0 fully saturated rings. The van der Waals surface area contributed by atoms with E-state index < -0.39 is 0 Å². The molecule has 2 nitrogen and oxygen atoms in total. The van der Waals surface area contributed by atoms with E-state index in [9.17, 15) is 0 Å². The van der Waals surface area contributed by atoms with E-state index in [4.69, 9.17) is 10.5 Å². The second-order valence-corrected chi connectivity index (χ2v) is 4.93. The zero-order chi connectivity index (χ0) is 13.0. The fourth-order valence-electron chi connectivity index (χ4n) is 2.32. The van der Waals surface area contributed by atoms with E-state index >= 15 is 0 Å². The Labute approximate surface area is 109 Å². The summed E-state index contributed by atoms with van der Waals surface area (Å²) in [5.74, 6) is 1.55. The highest BCUT2D eigenvalue weighted by Crippen LogP contribution is 2.23. The van der Waals surface area contributed by atoms with Gasteiger partial charge in [0.25, 0.3) is 0 Å². The van der Waals surface area contributed by atoms with E-state index in [-0.39, 0.29) is 0 Å². The molecular weight excluding hydrogens is 222 g/mol. The van der Waals surface area contributed by atoms with Gasteiger partial charge in [-0.2, -0.15) is 0 Å². The van der Waals surface area contributed by atoms with E-state index in [2.05, 4.69) is 37.3 Å². The Balaban J connectivity index is 2.22. The van der Waals surface area contributed by atoms with E-state index in [0.717, 1.165) is 25.1 Å². The lowest BCUT2D eigenvalue weighted by Gasteiger charge is -2.11. The average Bonchev–Trinajstić information content (AvgIpc) is 2.38. The van der Waals surface area contributed by atoms with E-state index in [1.165, 1.54) is 16.3 Å². The van der Waals surface area contributed by atoms with Gasteiger partial charge in [0.15, 0.2) is 0 Å². The quantitative estimate of drug-likeness (QED) is 0.873. The average molecular weight is 243 g/mol. The maximum Gasteiger partial charge on any atom is 0.119 e. The van der Waals surface area contributed by atoms with Gasteiger partial charge in [-0.05, 0) is 53.8 Å². The molecule has 0 spiro atoms. The molecule has 2 rings (SSSR count). The van der Waals surface area contributed by atoms with Crippen molar-refractivity contribution in [2.75, 3.05) is 13.7 Å². The standard InChI is InChI=1S/C16H21NO/c1-12(7-8-17)9-13-3-4-15-11-16(18-2)6-5-14(15)10-13/h3-6,10-12H,7-9,17H2,1-2H3. The maximum atomic E-state index is 5.59. The Morgan fingerprint density at radius 1 is 1.11 bits per heavy atom. The SMILES string of the molecule is COc1ccc2cc(CC(C)CCN)ccc2c1. The van der Waals surface area contributed by atoms with Crippen LogP contribution < -0.4 is 10.5 Å². The molecule has 0 aliphatic rings. The zero-order valence-electron chi connectivity index (χ0n) is 11.1. The molecule has 0 aliphatic heterocycles. The van der Waals surface area contributed by atoms with Gasteiger partial charge in [0.05, 0.1) is 7.11 Å². The summed E-state index contributed by atoms with van der Waals surface area (Å²) in [6.07, 6.45) is 2.18. The van der Waals surface area contributed by atoms with Crippen LogP contribution in [0, 0.1) is 5.92 Å². The van der Waals surface area contributed by atoms with Gasteiger partial charge in [0.1, 0.15) is 5.75 Å². The predicted octanol–water partition coefficient (Wildman–Crippen LogP) is 3.38. The summed E-state index contributed by atoms with van der Waals surface area (Å²) in [5.41, 5.74) is 6.97. The number of benzene rings is 2.